The summed E-state index contributed by atoms with van der Waals surface area (Å²) in [4.78, 5) is 27.5. The number of carbonyl (C=O) groups excluding carboxylic acids is 1. The van der Waals surface area contributed by atoms with Crippen molar-refractivity contribution in [2.24, 2.45) is 0 Å². The molecule has 1 amide bonds. The van der Waals surface area contributed by atoms with Crippen molar-refractivity contribution in [2.75, 3.05) is 38.1 Å². The fourth-order valence-corrected chi connectivity index (χ4v) is 3.20. The molecule has 25 heavy (non-hydrogen) atoms. The number of carbonyl (C=O) groups is 1. The van der Waals surface area contributed by atoms with E-state index in [1.54, 1.807) is 18.6 Å². The van der Waals surface area contributed by atoms with Crippen LogP contribution in [0.3, 0.4) is 0 Å². The van der Waals surface area contributed by atoms with Crippen molar-refractivity contribution in [3.63, 3.8) is 0 Å². The van der Waals surface area contributed by atoms with Crippen LogP contribution in [0.2, 0.25) is 0 Å². The Bertz CT molecular complexity index is 671. The molecule has 1 aliphatic heterocycles. The van der Waals surface area contributed by atoms with Gasteiger partial charge in [-0.3, -0.25) is 14.7 Å². The Kier molecular flexibility index (Phi) is 5.60. The second-order valence-electron chi connectivity index (χ2n) is 6.44. The van der Waals surface area contributed by atoms with Gasteiger partial charge in [-0.25, -0.2) is 4.98 Å². The number of rotatable bonds is 5. The molecule has 1 fully saturated rings. The number of amides is 1. The van der Waals surface area contributed by atoms with E-state index in [1.165, 1.54) is 0 Å². The first-order chi connectivity index (χ1) is 12.1. The molecule has 1 saturated heterocycles. The van der Waals surface area contributed by atoms with Gasteiger partial charge in [0.25, 0.3) is 0 Å². The summed E-state index contributed by atoms with van der Waals surface area (Å²) in [5, 5.41) is 0. The van der Waals surface area contributed by atoms with Gasteiger partial charge in [0.1, 0.15) is 5.82 Å². The first kappa shape index (κ1) is 17.4. The normalized spacial score (nSPS) is 16.5. The highest BCUT2D eigenvalue weighted by Crippen LogP contribution is 2.14. The van der Waals surface area contributed by atoms with Gasteiger partial charge in [-0.2, -0.15) is 0 Å². The number of piperazine rings is 1. The van der Waals surface area contributed by atoms with Crippen LogP contribution in [0.25, 0.3) is 0 Å². The number of hydrogen-bond acceptors (Lipinski definition) is 5. The van der Waals surface area contributed by atoms with Crippen molar-refractivity contribution >= 4 is 11.7 Å². The standard InChI is InChI=1S/C19H25N5O/c1-16(19(25)22(2)15-17-6-4-3-5-7-17)23-10-12-24(13-11-23)18-14-20-8-9-21-18/h3-9,14,16H,10-13,15H2,1-2H3/t16-/m1/s1. The number of aromatic nitrogens is 2. The number of benzene rings is 1. The third-order valence-corrected chi connectivity index (χ3v) is 4.73. The molecule has 1 atom stereocenters. The van der Waals surface area contributed by atoms with Gasteiger partial charge >= 0.3 is 0 Å². The highest BCUT2D eigenvalue weighted by Gasteiger charge is 2.27. The van der Waals surface area contributed by atoms with E-state index in [2.05, 4.69) is 19.8 Å². The lowest BCUT2D eigenvalue weighted by Crippen LogP contribution is -2.54. The SMILES string of the molecule is C[C@H](C(=O)N(C)Cc1ccccc1)N1CCN(c2cnccn2)CC1. The molecule has 1 aliphatic rings. The summed E-state index contributed by atoms with van der Waals surface area (Å²) in [5.41, 5.74) is 1.15. The van der Waals surface area contributed by atoms with Crippen LogP contribution in [0.4, 0.5) is 5.82 Å². The van der Waals surface area contributed by atoms with E-state index in [9.17, 15) is 4.79 Å². The molecule has 0 spiro atoms. The maximum Gasteiger partial charge on any atom is 0.239 e. The predicted molar refractivity (Wildman–Crippen MR) is 98.2 cm³/mol. The van der Waals surface area contributed by atoms with E-state index < -0.39 is 0 Å². The van der Waals surface area contributed by atoms with Gasteiger partial charge in [0.2, 0.25) is 5.91 Å². The zero-order valence-electron chi connectivity index (χ0n) is 14.9. The quantitative estimate of drug-likeness (QED) is 0.829. The van der Waals surface area contributed by atoms with Crippen LogP contribution < -0.4 is 4.90 Å². The molecule has 2 heterocycles. The Balaban J connectivity index is 1.53. The highest BCUT2D eigenvalue weighted by atomic mass is 16.2. The van der Waals surface area contributed by atoms with E-state index in [-0.39, 0.29) is 11.9 Å². The van der Waals surface area contributed by atoms with Gasteiger partial charge in [0, 0.05) is 52.2 Å². The molecule has 0 unspecified atom stereocenters. The average Bonchev–Trinajstić information content (AvgIpc) is 2.68. The summed E-state index contributed by atoms with van der Waals surface area (Å²) < 4.78 is 0. The Morgan fingerprint density at radius 1 is 1.16 bits per heavy atom. The maximum absolute atomic E-state index is 12.7. The van der Waals surface area contributed by atoms with Gasteiger partial charge in [-0.15, -0.1) is 0 Å². The molecule has 6 heteroatoms. The minimum absolute atomic E-state index is 0.113. The lowest BCUT2D eigenvalue weighted by Gasteiger charge is -2.38. The van der Waals surface area contributed by atoms with Crippen molar-refractivity contribution in [2.45, 2.75) is 19.5 Å². The van der Waals surface area contributed by atoms with Crippen LogP contribution in [-0.4, -0.2) is 64.9 Å². The lowest BCUT2D eigenvalue weighted by molar-refractivity contribution is -0.135. The summed E-state index contributed by atoms with van der Waals surface area (Å²) in [7, 11) is 1.88. The highest BCUT2D eigenvalue weighted by molar-refractivity contribution is 5.81. The van der Waals surface area contributed by atoms with Crippen LogP contribution in [0.1, 0.15) is 12.5 Å². The molecule has 1 aromatic carbocycles. The van der Waals surface area contributed by atoms with E-state index in [1.807, 2.05) is 49.2 Å². The number of nitrogens with zero attached hydrogens (tertiary/aromatic N) is 5. The first-order valence-corrected chi connectivity index (χ1v) is 8.69. The van der Waals surface area contributed by atoms with Crippen molar-refractivity contribution < 1.29 is 4.79 Å². The number of hydrogen-bond donors (Lipinski definition) is 0. The van der Waals surface area contributed by atoms with Crippen LogP contribution in [0.5, 0.6) is 0 Å². The molecule has 0 saturated carbocycles. The zero-order chi connectivity index (χ0) is 17.6. The van der Waals surface area contributed by atoms with Gasteiger partial charge in [-0.05, 0) is 12.5 Å². The Morgan fingerprint density at radius 2 is 1.88 bits per heavy atom. The van der Waals surface area contributed by atoms with Gasteiger partial charge in [0.15, 0.2) is 0 Å². The fourth-order valence-electron chi connectivity index (χ4n) is 3.20. The van der Waals surface area contributed by atoms with Crippen molar-refractivity contribution in [3.05, 3.63) is 54.5 Å². The first-order valence-electron chi connectivity index (χ1n) is 8.69. The molecule has 6 nitrogen and oxygen atoms in total. The fraction of sp³-hybridized carbons (Fsp3) is 0.421. The largest absolute Gasteiger partial charge is 0.353 e. The lowest BCUT2D eigenvalue weighted by atomic mass is 10.1. The maximum atomic E-state index is 12.7. The van der Waals surface area contributed by atoms with Crippen LogP contribution in [-0.2, 0) is 11.3 Å². The second kappa shape index (κ2) is 8.07. The molecular weight excluding hydrogens is 314 g/mol. The molecule has 0 radical (unpaired) electrons. The molecule has 0 bridgehead atoms. The van der Waals surface area contributed by atoms with Crippen LogP contribution in [0, 0.1) is 0 Å². The predicted octanol–water partition coefficient (Wildman–Crippen LogP) is 1.65. The van der Waals surface area contributed by atoms with E-state index in [0.717, 1.165) is 37.6 Å². The Labute approximate surface area is 149 Å². The molecular formula is C19H25N5O. The smallest absolute Gasteiger partial charge is 0.239 e. The third kappa shape index (κ3) is 4.33. The van der Waals surface area contributed by atoms with E-state index in [4.69, 9.17) is 0 Å². The second-order valence-corrected chi connectivity index (χ2v) is 6.44. The third-order valence-electron chi connectivity index (χ3n) is 4.73. The van der Waals surface area contributed by atoms with Gasteiger partial charge in [0.05, 0.1) is 12.2 Å². The summed E-state index contributed by atoms with van der Waals surface area (Å²) in [6.07, 6.45) is 5.19. The summed E-state index contributed by atoms with van der Waals surface area (Å²) in [6, 6.07) is 9.98. The number of likely N-dealkylation sites (N-methyl/N-ethyl adjacent to an activating group) is 1. The molecule has 0 N–H and O–H groups in total. The minimum Gasteiger partial charge on any atom is -0.353 e. The minimum atomic E-state index is -0.113. The molecule has 0 aliphatic carbocycles. The average molecular weight is 339 g/mol. The van der Waals surface area contributed by atoms with Gasteiger partial charge < -0.3 is 9.80 Å². The molecule has 1 aromatic heterocycles. The molecule has 132 valence electrons. The van der Waals surface area contributed by atoms with Crippen LogP contribution >= 0.6 is 0 Å². The van der Waals surface area contributed by atoms with E-state index in [0.29, 0.717) is 6.54 Å². The Morgan fingerprint density at radius 3 is 2.52 bits per heavy atom. The van der Waals surface area contributed by atoms with Crippen molar-refractivity contribution in [1.29, 1.82) is 0 Å². The summed E-state index contributed by atoms with van der Waals surface area (Å²) in [6.45, 7) is 6.06. The van der Waals surface area contributed by atoms with Crippen LogP contribution in [0.15, 0.2) is 48.9 Å². The van der Waals surface area contributed by atoms with Crippen molar-refractivity contribution in [3.8, 4) is 0 Å². The van der Waals surface area contributed by atoms with Gasteiger partial charge in [-0.1, -0.05) is 30.3 Å². The Hall–Kier alpha value is -2.47. The molecule has 3 rings (SSSR count). The topological polar surface area (TPSA) is 52.6 Å². The zero-order valence-corrected chi connectivity index (χ0v) is 14.9. The van der Waals surface area contributed by atoms with Crippen molar-refractivity contribution in [1.82, 2.24) is 19.8 Å². The number of anilines is 1. The van der Waals surface area contributed by atoms with E-state index >= 15 is 0 Å². The summed E-state index contributed by atoms with van der Waals surface area (Å²) >= 11 is 0. The molecule has 2 aromatic rings. The summed E-state index contributed by atoms with van der Waals surface area (Å²) in [5.74, 6) is 1.07. The monoisotopic (exact) mass is 339 g/mol.